The molecule has 2 rings (SSSR count). The molecule has 26 heavy (non-hydrogen) atoms. The van der Waals surface area contributed by atoms with Crippen LogP contribution in [-0.4, -0.2) is 17.9 Å². The maximum Gasteiger partial charge on any atom is 0.408 e. The summed E-state index contributed by atoms with van der Waals surface area (Å²) >= 11 is 0. The van der Waals surface area contributed by atoms with Crippen molar-refractivity contribution in [1.29, 1.82) is 5.41 Å². The highest BCUT2D eigenvalue weighted by Gasteiger charge is 2.26. The first-order valence-electron chi connectivity index (χ1n) is 8.54. The average Bonchev–Trinajstić information content (AvgIpc) is 2.53. The Morgan fingerprint density at radius 3 is 2.15 bits per heavy atom. The normalized spacial score (nSPS) is 11.7. The Balaban J connectivity index is 2.20. The average molecular weight is 353 g/mol. The van der Waals surface area contributed by atoms with Crippen molar-refractivity contribution in [2.45, 2.75) is 45.8 Å². The van der Waals surface area contributed by atoms with Gasteiger partial charge in [-0.3, -0.25) is 0 Å². The third-order valence-electron chi connectivity index (χ3n) is 4.00. The van der Waals surface area contributed by atoms with E-state index >= 15 is 0 Å². The predicted molar refractivity (Wildman–Crippen MR) is 107 cm³/mol. The van der Waals surface area contributed by atoms with Gasteiger partial charge in [-0.15, -0.1) is 0 Å². The van der Waals surface area contributed by atoms with Crippen molar-refractivity contribution in [1.82, 2.24) is 5.32 Å². The smallest absolute Gasteiger partial charge is 0.408 e. The van der Waals surface area contributed by atoms with Crippen LogP contribution >= 0.6 is 0 Å². The maximum atomic E-state index is 12.1. The number of hydrogen-bond acceptors (Lipinski definition) is 4. The van der Waals surface area contributed by atoms with E-state index in [1.54, 1.807) is 6.07 Å². The molecule has 0 radical (unpaired) electrons. The molecule has 2 aromatic rings. The van der Waals surface area contributed by atoms with Gasteiger partial charge in [0.05, 0.1) is 5.54 Å². The number of amides is 1. The van der Waals surface area contributed by atoms with Crippen LogP contribution in [0.15, 0.2) is 42.5 Å². The summed E-state index contributed by atoms with van der Waals surface area (Å²) in [5, 5.41) is 10.3. The van der Waals surface area contributed by atoms with E-state index in [1.165, 1.54) is 6.21 Å². The molecule has 0 spiro atoms. The van der Waals surface area contributed by atoms with Crippen LogP contribution in [0.4, 0.5) is 10.5 Å². The number of rotatable bonds is 4. The summed E-state index contributed by atoms with van der Waals surface area (Å²) in [6, 6.07) is 13.6. The first-order valence-corrected chi connectivity index (χ1v) is 8.54. The van der Waals surface area contributed by atoms with Crippen LogP contribution < -0.4 is 11.1 Å². The molecule has 0 atom stereocenters. The molecule has 0 aliphatic rings. The van der Waals surface area contributed by atoms with E-state index < -0.39 is 17.2 Å². The lowest BCUT2D eigenvalue weighted by molar-refractivity contribution is 0.0470. The highest BCUT2D eigenvalue weighted by molar-refractivity contribution is 5.87. The molecule has 1 amide bonds. The first kappa shape index (κ1) is 19.5. The number of hydrogen-bond donors (Lipinski definition) is 3. The number of nitrogens with two attached hydrogens (primary N) is 1. The molecule has 4 N–H and O–H groups in total. The highest BCUT2D eigenvalue weighted by atomic mass is 16.6. The molecule has 0 unspecified atom stereocenters. The number of nitrogens with one attached hydrogen (secondary N) is 2. The second kappa shape index (κ2) is 7.20. The fraction of sp³-hybridized carbons (Fsp3) is 0.333. The SMILES string of the molecule is CC(C)(C)OC(=O)NC(C)(C)c1ccc(-c2ccc(N)c(C=N)c2)cc1. The van der Waals surface area contributed by atoms with Crippen molar-refractivity contribution in [2.75, 3.05) is 5.73 Å². The van der Waals surface area contributed by atoms with E-state index in [0.29, 0.717) is 11.3 Å². The van der Waals surface area contributed by atoms with Crippen LogP contribution in [0.1, 0.15) is 45.7 Å². The molecule has 0 aliphatic carbocycles. The van der Waals surface area contributed by atoms with E-state index in [-0.39, 0.29) is 0 Å². The summed E-state index contributed by atoms with van der Waals surface area (Å²) < 4.78 is 5.34. The lowest BCUT2D eigenvalue weighted by Gasteiger charge is -2.29. The fourth-order valence-electron chi connectivity index (χ4n) is 2.59. The number of ether oxygens (including phenoxy) is 1. The van der Waals surface area contributed by atoms with Gasteiger partial charge in [-0.25, -0.2) is 4.79 Å². The van der Waals surface area contributed by atoms with Gasteiger partial charge in [0.2, 0.25) is 0 Å². The van der Waals surface area contributed by atoms with Crippen LogP contribution in [0.2, 0.25) is 0 Å². The van der Waals surface area contributed by atoms with E-state index in [4.69, 9.17) is 15.9 Å². The first-order chi connectivity index (χ1) is 12.0. The van der Waals surface area contributed by atoms with Crippen LogP contribution in [0, 0.1) is 5.41 Å². The van der Waals surface area contributed by atoms with E-state index in [1.807, 2.05) is 71.0 Å². The van der Waals surface area contributed by atoms with Gasteiger partial charge in [0.15, 0.2) is 0 Å². The molecule has 0 aliphatic heterocycles. The minimum atomic E-state index is -0.567. The molecule has 5 nitrogen and oxygen atoms in total. The number of carbonyl (C=O) groups is 1. The Kier molecular flexibility index (Phi) is 5.40. The van der Waals surface area contributed by atoms with Gasteiger partial charge in [0.1, 0.15) is 5.60 Å². The molecule has 0 fully saturated rings. The third-order valence-corrected chi connectivity index (χ3v) is 4.00. The quantitative estimate of drug-likeness (QED) is 0.550. The summed E-state index contributed by atoms with van der Waals surface area (Å²) in [5.41, 5.74) is 9.00. The molecule has 138 valence electrons. The third kappa shape index (κ3) is 4.85. The number of nitrogen functional groups attached to an aromatic ring is 1. The summed E-state index contributed by atoms with van der Waals surface area (Å²) in [6.45, 7) is 9.38. The van der Waals surface area contributed by atoms with Crippen molar-refractivity contribution in [2.24, 2.45) is 0 Å². The summed E-state index contributed by atoms with van der Waals surface area (Å²) in [4.78, 5) is 12.1. The zero-order chi connectivity index (χ0) is 19.5. The van der Waals surface area contributed by atoms with Crippen LogP contribution in [0.3, 0.4) is 0 Å². The van der Waals surface area contributed by atoms with Gasteiger partial charge in [-0.2, -0.15) is 0 Å². The second-order valence-electron chi connectivity index (χ2n) is 7.82. The maximum absolute atomic E-state index is 12.1. The lowest BCUT2D eigenvalue weighted by Crippen LogP contribution is -2.43. The Labute approximate surface area is 155 Å². The second-order valence-corrected chi connectivity index (χ2v) is 7.82. The van der Waals surface area contributed by atoms with Gasteiger partial charge >= 0.3 is 6.09 Å². The van der Waals surface area contributed by atoms with Crippen molar-refractivity contribution >= 4 is 18.0 Å². The summed E-state index contributed by atoms with van der Waals surface area (Å²) in [7, 11) is 0. The topological polar surface area (TPSA) is 88.2 Å². The van der Waals surface area contributed by atoms with Gasteiger partial charge < -0.3 is 21.2 Å². The molecule has 2 aromatic carbocycles. The molecule has 0 saturated heterocycles. The molecular weight excluding hydrogens is 326 g/mol. The zero-order valence-electron chi connectivity index (χ0n) is 16.0. The van der Waals surface area contributed by atoms with Gasteiger partial charge in [0, 0.05) is 17.5 Å². The number of carbonyl (C=O) groups excluding carboxylic acids is 1. The lowest BCUT2D eigenvalue weighted by atomic mass is 9.92. The van der Waals surface area contributed by atoms with Crippen molar-refractivity contribution in [3.05, 3.63) is 53.6 Å². The summed E-state index contributed by atoms with van der Waals surface area (Å²) in [5.74, 6) is 0. The number of alkyl carbamates (subject to hydrolysis) is 1. The fourth-order valence-corrected chi connectivity index (χ4v) is 2.59. The minimum absolute atomic E-state index is 0.444. The van der Waals surface area contributed by atoms with Gasteiger partial charge in [-0.05, 0) is 63.4 Å². The largest absolute Gasteiger partial charge is 0.444 e. The Morgan fingerprint density at radius 2 is 1.62 bits per heavy atom. The van der Waals surface area contributed by atoms with Crippen LogP contribution in [0.5, 0.6) is 0 Å². The molecule has 0 bridgehead atoms. The van der Waals surface area contributed by atoms with Crippen LogP contribution in [-0.2, 0) is 10.3 Å². The zero-order valence-corrected chi connectivity index (χ0v) is 16.0. The van der Waals surface area contributed by atoms with Gasteiger partial charge in [-0.1, -0.05) is 30.3 Å². The van der Waals surface area contributed by atoms with Crippen molar-refractivity contribution in [3.63, 3.8) is 0 Å². The minimum Gasteiger partial charge on any atom is -0.444 e. The van der Waals surface area contributed by atoms with Gasteiger partial charge in [0.25, 0.3) is 0 Å². The van der Waals surface area contributed by atoms with E-state index in [2.05, 4.69) is 5.32 Å². The molecule has 0 aromatic heterocycles. The Bertz CT molecular complexity index is 803. The molecule has 5 heteroatoms. The highest BCUT2D eigenvalue weighted by Crippen LogP contribution is 2.27. The Morgan fingerprint density at radius 1 is 1.04 bits per heavy atom. The standard InChI is InChI=1S/C21H27N3O2/c1-20(2,3)26-19(25)24-21(4,5)17-9-6-14(7-10-17)15-8-11-18(23)16(12-15)13-22/h6-13,22H,23H2,1-5H3,(H,24,25). The monoisotopic (exact) mass is 353 g/mol. The summed E-state index contributed by atoms with van der Waals surface area (Å²) in [6.07, 6.45) is 0.807. The Hall–Kier alpha value is -2.82. The van der Waals surface area contributed by atoms with E-state index in [9.17, 15) is 4.79 Å². The van der Waals surface area contributed by atoms with Crippen molar-refractivity contribution in [3.8, 4) is 11.1 Å². The predicted octanol–water partition coefficient (Wildman–Crippen LogP) is 4.69. The number of benzene rings is 2. The number of anilines is 1. The molecular formula is C21H27N3O2. The van der Waals surface area contributed by atoms with Crippen molar-refractivity contribution < 1.29 is 9.53 Å². The van der Waals surface area contributed by atoms with E-state index in [0.717, 1.165) is 16.7 Å². The van der Waals surface area contributed by atoms with Crippen LogP contribution in [0.25, 0.3) is 11.1 Å². The molecule has 0 heterocycles. The molecule has 0 saturated carbocycles.